The first-order chi connectivity index (χ1) is 14.9. The van der Waals surface area contributed by atoms with E-state index in [-0.39, 0.29) is 10.9 Å². The van der Waals surface area contributed by atoms with Crippen LogP contribution in [0.3, 0.4) is 0 Å². The summed E-state index contributed by atoms with van der Waals surface area (Å²) in [4.78, 5) is 7.82. The molecule has 4 aromatic rings. The summed E-state index contributed by atoms with van der Waals surface area (Å²) in [5.41, 5.74) is 6.48. The Morgan fingerprint density at radius 1 is 1.19 bits per heavy atom. The maximum absolute atomic E-state index is 13.3. The first kappa shape index (κ1) is 19.6. The largest absolute Gasteiger partial charge is 0.384 e. The molecule has 1 aliphatic heterocycles. The molecular weight excluding hydrogens is 412 g/mol. The second-order valence-corrected chi connectivity index (χ2v) is 10.0. The van der Waals surface area contributed by atoms with Gasteiger partial charge in [0, 0.05) is 37.2 Å². The Balaban J connectivity index is 1.77. The molecule has 1 aromatic carbocycles. The third kappa shape index (κ3) is 3.07. The highest BCUT2D eigenvalue weighted by Crippen LogP contribution is 2.42. The van der Waals surface area contributed by atoms with Crippen molar-refractivity contribution in [2.75, 3.05) is 23.2 Å². The van der Waals surface area contributed by atoms with Crippen LogP contribution in [0.4, 0.5) is 11.4 Å². The number of benzene rings is 1. The van der Waals surface area contributed by atoms with Crippen LogP contribution in [0.1, 0.15) is 30.9 Å². The smallest absolute Gasteiger partial charge is 0.281 e. The van der Waals surface area contributed by atoms with Crippen LogP contribution in [-0.2, 0) is 16.4 Å². The van der Waals surface area contributed by atoms with Gasteiger partial charge in [-0.25, -0.2) is 4.98 Å². The Bertz CT molecular complexity index is 1370. The summed E-state index contributed by atoms with van der Waals surface area (Å²) in [5.74, 6) is 0.0794. The van der Waals surface area contributed by atoms with Crippen LogP contribution in [-0.4, -0.2) is 42.2 Å². The third-order valence-electron chi connectivity index (χ3n) is 5.88. The molecule has 0 atom stereocenters. The van der Waals surface area contributed by atoms with Crippen LogP contribution < -0.4 is 9.62 Å². The van der Waals surface area contributed by atoms with E-state index < -0.39 is 10.0 Å². The monoisotopic (exact) mass is 436 g/mol. The minimum absolute atomic E-state index is 0.0495. The third-order valence-corrected chi connectivity index (χ3v) is 7.57. The molecular formula is C22H24N6O2S. The standard InChI is InChI=1S/C22H24N6O2S/c1-13(2)16-11-24-22-20(21(16)28(3)31(29,30)19-7-9-26-27-19)17(12-25-22)15-5-4-14-6-8-23-18(14)10-15/h4-5,7,9-13,23H,6,8H2,1-3H3,(H,24,25)(H,26,27). The zero-order valence-corrected chi connectivity index (χ0v) is 18.4. The number of pyridine rings is 1. The summed E-state index contributed by atoms with van der Waals surface area (Å²) in [6, 6.07) is 7.81. The Morgan fingerprint density at radius 2 is 2.03 bits per heavy atom. The van der Waals surface area contributed by atoms with Crippen molar-refractivity contribution in [2.45, 2.75) is 31.2 Å². The first-order valence-corrected chi connectivity index (χ1v) is 11.7. The van der Waals surface area contributed by atoms with Crippen molar-refractivity contribution >= 4 is 32.4 Å². The van der Waals surface area contributed by atoms with Crippen molar-refractivity contribution in [2.24, 2.45) is 0 Å². The summed E-state index contributed by atoms with van der Waals surface area (Å²) in [6.45, 7) is 5.01. The Hall–Kier alpha value is -3.33. The fourth-order valence-corrected chi connectivity index (χ4v) is 5.33. The molecule has 4 heterocycles. The lowest BCUT2D eigenvalue weighted by Gasteiger charge is -2.24. The Labute approximate surface area is 180 Å². The van der Waals surface area contributed by atoms with Gasteiger partial charge in [-0.15, -0.1) is 0 Å². The molecule has 0 radical (unpaired) electrons. The molecule has 8 nitrogen and oxygen atoms in total. The van der Waals surface area contributed by atoms with Gasteiger partial charge in [0.15, 0.2) is 5.03 Å². The van der Waals surface area contributed by atoms with E-state index in [0.717, 1.165) is 40.7 Å². The lowest BCUT2D eigenvalue weighted by molar-refractivity contribution is 0.590. The number of nitrogens with one attached hydrogen (secondary N) is 3. The van der Waals surface area contributed by atoms with E-state index in [9.17, 15) is 8.42 Å². The van der Waals surface area contributed by atoms with E-state index in [1.807, 2.05) is 20.0 Å². The average molecular weight is 437 g/mol. The first-order valence-electron chi connectivity index (χ1n) is 10.2. The number of H-pyrrole nitrogens is 2. The average Bonchev–Trinajstić information content (AvgIpc) is 3.52. The molecule has 31 heavy (non-hydrogen) atoms. The molecule has 0 saturated carbocycles. The van der Waals surface area contributed by atoms with Gasteiger partial charge in [-0.1, -0.05) is 26.0 Å². The number of nitrogens with zero attached hydrogens (tertiary/aromatic N) is 3. The zero-order chi connectivity index (χ0) is 21.8. The maximum atomic E-state index is 13.3. The number of anilines is 2. The van der Waals surface area contributed by atoms with Gasteiger partial charge < -0.3 is 10.3 Å². The van der Waals surface area contributed by atoms with Crippen LogP contribution in [0.2, 0.25) is 0 Å². The normalized spacial score (nSPS) is 13.5. The van der Waals surface area contributed by atoms with Crippen molar-refractivity contribution < 1.29 is 8.42 Å². The summed E-state index contributed by atoms with van der Waals surface area (Å²) < 4.78 is 28.0. The van der Waals surface area contributed by atoms with Crippen LogP contribution in [0.5, 0.6) is 0 Å². The van der Waals surface area contributed by atoms with Gasteiger partial charge in [0.25, 0.3) is 10.0 Å². The topological polar surface area (TPSA) is 107 Å². The molecule has 0 unspecified atom stereocenters. The number of aromatic amines is 2. The molecule has 160 valence electrons. The van der Waals surface area contributed by atoms with Crippen molar-refractivity contribution in [3.8, 4) is 11.1 Å². The van der Waals surface area contributed by atoms with Gasteiger partial charge in [0.1, 0.15) is 5.65 Å². The quantitative estimate of drug-likeness (QED) is 0.440. The van der Waals surface area contributed by atoms with Crippen LogP contribution >= 0.6 is 0 Å². The molecule has 0 bridgehead atoms. The molecule has 0 aliphatic carbocycles. The van der Waals surface area contributed by atoms with E-state index in [2.05, 4.69) is 43.7 Å². The summed E-state index contributed by atoms with van der Waals surface area (Å²) in [6.07, 6.45) is 6.11. The van der Waals surface area contributed by atoms with E-state index >= 15 is 0 Å². The number of hydrogen-bond acceptors (Lipinski definition) is 5. The SMILES string of the molecule is CC(C)c1cnc2[nH]cc(-c3ccc4c(c3)NCC4)c2c1N(C)S(=O)(=O)c1ccn[nH]1. The lowest BCUT2D eigenvalue weighted by Crippen LogP contribution is -2.28. The molecule has 1 aliphatic rings. The second-order valence-electron chi connectivity index (χ2n) is 8.08. The van der Waals surface area contributed by atoms with E-state index in [1.54, 1.807) is 13.2 Å². The van der Waals surface area contributed by atoms with Crippen molar-refractivity contribution in [3.63, 3.8) is 0 Å². The molecule has 0 spiro atoms. The van der Waals surface area contributed by atoms with Crippen LogP contribution in [0.15, 0.2) is 47.9 Å². The summed E-state index contributed by atoms with van der Waals surface area (Å²) in [7, 11) is -2.24. The predicted molar refractivity (Wildman–Crippen MR) is 122 cm³/mol. The summed E-state index contributed by atoms with van der Waals surface area (Å²) in [5, 5.41) is 10.7. The van der Waals surface area contributed by atoms with E-state index in [4.69, 9.17) is 0 Å². The van der Waals surface area contributed by atoms with Gasteiger partial charge in [0.05, 0.1) is 17.3 Å². The van der Waals surface area contributed by atoms with Gasteiger partial charge >= 0.3 is 0 Å². The molecule has 3 N–H and O–H groups in total. The molecule has 0 saturated heterocycles. The highest BCUT2D eigenvalue weighted by atomic mass is 32.2. The van der Waals surface area contributed by atoms with Crippen molar-refractivity contribution in [1.82, 2.24) is 20.2 Å². The molecule has 0 amide bonds. The Morgan fingerprint density at radius 3 is 2.77 bits per heavy atom. The van der Waals surface area contributed by atoms with E-state index in [1.165, 1.54) is 22.1 Å². The predicted octanol–water partition coefficient (Wildman–Crippen LogP) is 3.87. The van der Waals surface area contributed by atoms with E-state index in [0.29, 0.717) is 11.3 Å². The molecule has 9 heteroatoms. The Kier molecular flexibility index (Phi) is 4.51. The number of aromatic nitrogens is 4. The number of hydrogen-bond donors (Lipinski definition) is 3. The maximum Gasteiger partial charge on any atom is 0.281 e. The second kappa shape index (κ2) is 7.12. The lowest BCUT2D eigenvalue weighted by atomic mass is 9.97. The van der Waals surface area contributed by atoms with Gasteiger partial charge in [-0.3, -0.25) is 9.40 Å². The van der Waals surface area contributed by atoms with Crippen molar-refractivity contribution in [3.05, 3.63) is 54.0 Å². The fourth-order valence-electron chi connectivity index (χ4n) is 4.20. The highest BCUT2D eigenvalue weighted by molar-refractivity contribution is 7.92. The van der Waals surface area contributed by atoms with Gasteiger partial charge in [0.2, 0.25) is 0 Å². The molecule has 3 aromatic heterocycles. The molecule has 5 rings (SSSR count). The minimum Gasteiger partial charge on any atom is -0.384 e. The van der Waals surface area contributed by atoms with Gasteiger partial charge in [-0.05, 0) is 41.2 Å². The van der Waals surface area contributed by atoms with Crippen molar-refractivity contribution in [1.29, 1.82) is 0 Å². The minimum atomic E-state index is -3.82. The zero-order valence-electron chi connectivity index (χ0n) is 17.6. The van der Waals surface area contributed by atoms with Gasteiger partial charge in [-0.2, -0.15) is 13.5 Å². The highest BCUT2D eigenvalue weighted by Gasteiger charge is 2.29. The van der Waals surface area contributed by atoms with Crippen LogP contribution in [0, 0.1) is 0 Å². The summed E-state index contributed by atoms with van der Waals surface area (Å²) >= 11 is 0. The number of sulfonamides is 1. The van der Waals surface area contributed by atoms with Crippen LogP contribution in [0.25, 0.3) is 22.2 Å². The number of fused-ring (bicyclic) bond motifs is 2. The fraction of sp³-hybridized carbons (Fsp3) is 0.273. The molecule has 0 fully saturated rings. The number of rotatable bonds is 5.